The first-order valence-electron chi connectivity index (χ1n) is 5.92. The monoisotopic (exact) mass is 293 g/mol. The molecule has 0 bridgehead atoms. The van der Waals surface area contributed by atoms with Crippen LogP contribution in [0.5, 0.6) is 11.8 Å². The Bertz CT molecular complexity index is 667. The smallest absolute Gasteiger partial charge is 0.321 e. The molecule has 0 amide bonds. The normalized spacial score (nSPS) is 11.3. The van der Waals surface area contributed by atoms with Gasteiger partial charge < -0.3 is 10.1 Å². The van der Waals surface area contributed by atoms with Crippen molar-refractivity contribution in [3.63, 3.8) is 0 Å². The van der Waals surface area contributed by atoms with Gasteiger partial charge in [-0.05, 0) is 31.3 Å². The summed E-state index contributed by atoms with van der Waals surface area (Å²) in [5.41, 5.74) is 0.951. The maximum atomic E-state index is 11.3. The van der Waals surface area contributed by atoms with Crippen molar-refractivity contribution in [2.75, 3.05) is 13.3 Å². The van der Waals surface area contributed by atoms with E-state index < -0.39 is 9.84 Å². The number of hydrogen-bond acceptors (Lipinski definition) is 6. The van der Waals surface area contributed by atoms with Crippen LogP contribution in [0, 0.1) is 0 Å². The van der Waals surface area contributed by atoms with Gasteiger partial charge >= 0.3 is 6.01 Å². The Labute approximate surface area is 117 Å². The molecular formula is C13H15N3O3S. The Morgan fingerprint density at radius 3 is 2.25 bits per heavy atom. The van der Waals surface area contributed by atoms with Crippen molar-refractivity contribution in [3.8, 4) is 11.8 Å². The largest absolute Gasteiger partial charge is 0.424 e. The first kappa shape index (κ1) is 14.4. The average Bonchev–Trinajstić information content (AvgIpc) is 2.41. The Morgan fingerprint density at radius 2 is 1.75 bits per heavy atom. The number of benzene rings is 1. The summed E-state index contributed by atoms with van der Waals surface area (Å²) in [4.78, 5) is 8.39. The minimum Gasteiger partial charge on any atom is -0.424 e. The third-order valence-corrected chi connectivity index (χ3v) is 3.65. The first-order valence-corrected chi connectivity index (χ1v) is 7.81. The van der Waals surface area contributed by atoms with Crippen molar-refractivity contribution < 1.29 is 13.2 Å². The zero-order chi connectivity index (χ0) is 14.6. The number of ether oxygens (including phenoxy) is 1. The molecule has 0 fully saturated rings. The molecule has 0 saturated heterocycles. The Balaban J connectivity index is 2.10. The molecular weight excluding hydrogens is 278 g/mol. The van der Waals surface area contributed by atoms with Crippen LogP contribution in [0.15, 0.2) is 41.6 Å². The quantitative estimate of drug-likeness (QED) is 0.897. The van der Waals surface area contributed by atoms with Crippen LogP contribution in [0.25, 0.3) is 0 Å². The van der Waals surface area contributed by atoms with Gasteiger partial charge in [0.15, 0.2) is 9.84 Å². The summed E-state index contributed by atoms with van der Waals surface area (Å²) < 4.78 is 28.1. The van der Waals surface area contributed by atoms with Gasteiger partial charge in [-0.15, -0.1) is 0 Å². The summed E-state index contributed by atoms with van der Waals surface area (Å²) in [6.07, 6.45) is 4.50. The highest BCUT2D eigenvalue weighted by Gasteiger charge is 2.07. The molecule has 0 unspecified atom stereocenters. The molecule has 0 radical (unpaired) electrons. The fourth-order valence-electron chi connectivity index (χ4n) is 1.55. The highest BCUT2D eigenvalue weighted by molar-refractivity contribution is 7.90. The number of sulfone groups is 1. The van der Waals surface area contributed by atoms with Crippen LogP contribution >= 0.6 is 0 Å². The molecule has 1 N–H and O–H groups in total. The van der Waals surface area contributed by atoms with E-state index in [0.29, 0.717) is 12.3 Å². The van der Waals surface area contributed by atoms with Gasteiger partial charge in [-0.1, -0.05) is 0 Å². The van der Waals surface area contributed by atoms with E-state index in [9.17, 15) is 8.42 Å². The van der Waals surface area contributed by atoms with E-state index in [0.717, 1.165) is 11.8 Å². The van der Waals surface area contributed by atoms with Crippen molar-refractivity contribution in [1.82, 2.24) is 15.3 Å². The second-order valence-electron chi connectivity index (χ2n) is 4.25. The summed E-state index contributed by atoms with van der Waals surface area (Å²) in [6, 6.07) is 6.33. The van der Waals surface area contributed by atoms with Gasteiger partial charge in [-0.25, -0.2) is 18.4 Å². The Morgan fingerprint density at radius 1 is 1.15 bits per heavy atom. The van der Waals surface area contributed by atoms with Gasteiger partial charge in [0, 0.05) is 30.8 Å². The standard InChI is InChI=1S/C13H15N3O3S/c1-14-7-10-8-15-13(16-9-10)19-11-3-5-12(6-4-11)20(2,17)18/h3-6,8-9,14H,7H2,1-2H3. The number of hydrogen-bond donors (Lipinski definition) is 1. The predicted octanol–water partition coefficient (Wildman–Crippen LogP) is 1.39. The van der Waals surface area contributed by atoms with Crippen molar-refractivity contribution in [2.24, 2.45) is 0 Å². The molecule has 6 nitrogen and oxygen atoms in total. The van der Waals surface area contributed by atoms with Crippen LogP contribution in [0.1, 0.15) is 5.56 Å². The van der Waals surface area contributed by atoms with Crippen molar-refractivity contribution in [3.05, 3.63) is 42.2 Å². The van der Waals surface area contributed by atoms with E-state index in [1.54, 1.807) is 24.5 Å². The molecule has 0 aliphatic heterocycles. The molecule has 2 rings (SSSR count). The fourth-order valence-corrected chi connectivity index (χ4v) is 2.18. The number of aromatic nitrogens is 2. The van der Waals surface area contributed by atoms with Gasteiger partial charge in [0.1, 0.15) is 5.75 Å². The molecule has 0 saturated carbocycles. The van der Waals surface area contributed by atoms with E-state index in [-0.39, 0.29) is 10.9 Å². The lowest BCUT2D eigenvalue weighted by Crippen LogP contribution is -2.06. The Hall–Kier alpha value is -1.99. The number of nitrogens with zero attached hydrogens (tertiary/aromatic N) is 2. The highest BCUT2D eigenvalue weighted by Crippen LogP contribution is 2.19. The summed E-state index contributed by atoms with van der Waals surface area (Å²) in [6.45, 7) is 0.684. The summed E-state index contributed by atoms with van der Waals surface area (Å²) in [5.74, 6) is 0.485. The second-order valence-corrected chi connectivity index (χ2v) is 6.27. The molecule has 20 heavy (non-hydrogen) atoms. The van der Waals surface area contributed by atoms with E-state index >= 15 is 0 Å². The molecule has 106 valence electrons. The van der Waals surface area contributed by atoms with Crippen LogP contribution in [-0.2, 0) is 16.4 Å². The van der Waals surface area contributed by atoms with Crippen molar-refractivity contribution >= 4 is 9.84 Å². The van der Waals surface area contributed by atoms with Crippen LogP contribution in [0.3, 0.4) is 0 Å². The van der Waals surface area contributed by atoms with Crippen LogP contribution in [-0.4, -0.2) is 31.7 Å². The average molecular weight is 293 g/mol. The van der Waals surface area contributed by atoms with Gasteiger partial charge in [-0.2, -0.15) is 0 Å². The van der Waals surface area contributed by atoms with Crippen LogP contribution in [0.4, 0.5) is 0 Å². The third-order valence-electron chi connectivity index (χ3n) is 2.52. The van der Waals surface area contributed by atoms with Crippen molar-refractivity contribution in [2.45, 2.75) is 11.4 Å². The maximum absolute atomic E-state index is 11.3. The predicted molar refractivity (Wildman–Crippen MR) is 74.4 cm³/mol. The number of nitrogens with one attached hydrogen (secondary N) is 1. The van der Waals surface area contributed by atoms with Crippen molar-refractivity contribution in [1.29, 1.82) is 0 Å². The molecule has 0 spiro atoms. The molecule has 0 atom stereocenters. The van der Waals surface area contributed by atoms with E-state index in [1.807, 2.05) is 7.05 Å². The molecule has 1 aromatic carbocycles. The minimum absolute atomic E-state index is 0.219. The zero-order valence-corrected chi connectivity index (χ0v) is 12.0. The SMILES string of the molecule is CNCc1cnc(Oc2ccc(S(C)(=O)=O)cc2)nc1. The maximum Gasteiger partial charge on any atom is 0.321 e. The lowest BCUT2D eigenvalue weighted by molar-refractivity contribution is 0.440. The van der Waals surface area contributed by atoms with Crippen LogP contribution in [0.2, 0.25) is 0 Å². The summed E-state index contributed by atoms with van der Waals surface area (Å²) in [7, 11) is -1.36. The van der Waals surface area contributed by atoms with Gasteiger partial charge in [0.25, 0.3) is 0 Å². The molecule has 7 heteroatoms. The van der Waals surface area contributed by atoms with E-state index in [4.69, 9.17) is 4.74 Å². The van der Waals surface area contributed by atoms with E-state index in [1.165, 1.54) is 12.1 Å². The molecule has 0 aliphatic carbocycles. The zero-order valence-electron chi connectivity index (χ0n) is 11.2. The highest BCUT2D eigenvalue weighted by atomic mass is 32.2. The molecule has 0 aliphatic rings. The van der Waals surface area contributed by atoms with Gasteiger partial charge in [0.2, 0.25) is 0 Å². The molecule has 2 aromatic rings. The van der Waals surface area contributed by atoms with Gasteiger partial charge in [-0.3, -0.25) is 0 Å². The van der Waals surface area contributed by atoms with Gasteiger partial charge in [0.05, 0.1) is 4.90 Å². The third kappa shape index (κ3) is 3.75. The molecule has 1 heterocycles. The minimum atomic E-state index is -3.20. The lowest BCUT2D eigenvalue weighted by Gasteiger charge is -2.05. The lowest BCUT2D eigenvalue weighted by atomic mass is 10.3. The first-order chi connectivity index (χ1) is 9.49. The topological polar surface area (TPSA) is 81.2 Å². The number of rotatable bonds is 5. The van der Waals surface area contributed by atoms with E-state index in [2.05, 4.69) is 15.3 Å². The Kier molecular flexibility index (Phi) is 4.31. The van der Waals surface area contributed by atoms with Crippen LogP contribution < -0.4 is 10.1 Å². The second kappa shape index (κ2) is 5.98. The molecule has 1 aromatic heterocycles. The summed E-state index contributed by atoms with van der Waals surface area (Å²) in [5, 5.41) is 3.00. The summed E-state index contributed by atoms with van der Waals surface area (Å²) >= 11 is 0. The fraction of sp³-hybridized carbons (Fsp3) is 0.231.